The van der Waals surface area contributed by atoms with Crippen molar-refractivity contribution in [3.05, 3.63) is 38.7 Å². The number of pyridine rings is 1. The number of aromatic amines is 1. The van der Waals surface area contributed by atoms with Crippen molar-refractivity contribution in [3.8, 4) is 17.4 Å². The molecule has 2 heterocycles. The smallest absolute Gasteiger partial charge is 0.258 e. The highest BCUT2D eigenvalue weighted by Gasteiger charge is 2.12. The Kier molecular flexibility index (Phi) is 3.23. The van der Waals surface area contributed by atoms with Gasteiger partial charge in [0.1, 0.15) is 5.69 Å². The summed E-state index contributed by atoms with van der Waals surface area (Å²) in [6.07, 6.45) is 2.02. The van der Waals surface area contributed by atoms with E-state index >= 15 is 0 Å². The van der Waals surface area contributed by atoms with Gasteiger partial charge in [0.15, 0.2) is 5.82 Å². The number of hydrogen-bond donors (Lipinski definition) is 2. The van der Waals surface area contributed by atoms with Gasteiger partial charge in [-0.1, -0.05) is 6.92 Å². The molecule has 2 aromatic heterocycles. The molecule has 0 spiro atoms. The Morgan fingerprint density at radius 2 is 2.29 bits per heavy atom. The van der Waals surface area contributed by atoms with E-state index < -0.39 is 0 Å². The zero-order valence-electron chi connectivity index (χ0n) is 9.07. The first kappa shape index (κ1) is 11.8. The second-order valence-corrected chi connectivity index (χ2v) is 4.26. The molecule has 0 saturated heterocycles. The van der Waals surface area contributed by atoms with Gasteiger partial charge < -0.3 is 10.1 Å². The number of halogens is 1. The number of nitrogens with one attached hydrogen (secondary N) is 1. The number of aromatic nitrogens is 3. The molecule has 0 atom stereocenters. The third-order valence-corrected chi connectivity index (χ3v) is 2.97. The van der Waals surface area contributed by atoms with E-state index in [0.29, 0.717) is 16.6 Å². The van der Waals surface area contributed by atoms with E-state index in [0.717, 1.165) is 0 Å². The maximum Gasteiger partial charge on any atom is 0.258 e. The molecule has 0 saturated carbocycles. The third kappa shape index (κ3) is 2.21. The van der Waals surface area contributed by atoms with E-state index in [4.69, 9.17) is 0 Å². The quantitative estimate of drug-likeness (QED) is 0.886. The fraction of sp³-hybridized carbons (Fsp3) is 0.182. The Labute approximate surface area is 106 Å². The van der Waals surface area contributed by atoms with Gasteiger partial charge >= 0.3 is 0 Å². The molecule has 0 radical (unpaired) electrons. The third-order valence-electron chi connectivity index (χ3n) is 2.33. The molecule has 0 amide bonds. The van der Waals surface area contributed by atoms with Crippen LogP contribution in [-0.2, 0) is 6.42 Å². The van der Waals surface area contributed by atoms with Gasteiger partial charge in [-0.3, -0.25) is 9.78 Å². The Hall–Kier alpha value is -1.69. The van der Waals surface area contributed by atoms with Gasteiger partial charge in [-0.05, 0) is 34.5 Å². The lowest BCUT2D eigenvalue weighted by Crippen LogP contribution is -2.14. The van der Waals surface area contributed by atoms with Gasteiger partial charge in [-0.25, -0.2) is 0 Å². The highest BCUT2D eigenvalue weighted by molar-refractivity contribution is 9.10. The van der Waals surface area contributed by atoms with Crippen LogP contribution in [-0.4, -0.2) is 20.1 Å². The topological polar surface area (TPSA) is 78.9 Å². The lowest BCUT2D eigenvalue weighted by Gasteiger charge is -2.05. The van der Waals surface area contributed by atoms with Crippen LogP contribution in [0.4, 0.5) is 0 Å². The van der Waals surface area contributed by atoms with Crippen molar-refractivity contribution >= 4 is 15.9 Å². The van der Waals surface area contributed by atoms with Crippen LogP contribution in [0.25, 0.3) is 11.5 Å². The normalized spacial score (nSPS) is 10.5. The second-order valence-electron chi connectivity index (χ2n) is 3.40. The highest BCUT2D eigenvalue weighted by atomic mass is 79.9. The van der Waals surface area contributed by atoms with Crippen LogP contribution in [0.2, 0.25) is 0 Å². The molecule has 0 bridgehead atoms. The van der Waals surface area contributed by atoms with Gasteiger partial charge in [0.2, 0.25) is 5.88 Å². The number of hydrogen-bond acceptors (Lipinski definition) is 4. The van der Waals surface area contributed by atoms with Crippen molar-refractivity contribution < 1.29 is 5.11 Å². The van der Waals surface area contributed by atoms with Gasteiger partial charge in [0.05, 0.1) is 5.56 Å². The van der Waals surface area contributed by atoms with E-state index in [1.54, 1.807) is 25.3 Å². The van der Waals surface area contributed by atoms with E-state index in [1.807, 2.05) is 0 Å². The van der Waals surface area contributed by atoms with Crippen LogP contribution >= 0.6 is 15.9 Å². The lowest BCUT2D eigenvalue weighted by atomic mass is 10.2. The van der Waals surface area contributed by atoms with E-state index in [-0.39, 0.29) is 22.8 Å². The minimum atomic E-state index is -0.340. The molecule has 0 aromatic carbocycles. The summed E-state index contributed by atoms with van der Waals surface area (Å²) in [6.45, 7) is 1.78. The number of aromatic hydroxyl groups is 1. The lowest BCUT2D eigenvalue weighted by molar-refractivity contribution is 0.444. The molecule has 2 rings (SSSR count). The molecule has 2 aromatic rings. The van der Waals surface area contributed by atoms with Gasteiger partial charge in [-0.15, -0.1) is 0 Å². The van der Waals surface area contributed by atoms with Crippen molar-refractivity contribution in [1.82, 2.24) is 15.0 Å². The molecular weight excluding hydrogens is 286 g/mol. The predicted octanol–water partition coefficient (Wildman–Crippen LogP) is 1.86. The molecule has 0 aliphatic rings. The van der Waals surface area contributed by atoms with E-state index in [1.165, 1.54) is 0 Å². The Balaban J connectivity index is 2.63. The second kappa shape index (κ2) is 4.67. The fourth-order valence-electron chi connectivity index (χ4n) is 1.48. The summed E-state index contributed by atoms with van der Waals surface area (Å²) in [5.74, 6) is 0.000906. The summed E-state index contributed by atoms with van der Waals surface area (Å²) in [4.78, 5) is 22.3. The first-order valence-corrected chi connectivity index (χ1v) is 5.85. The highest BCUT2D eigenvalue weighted by Crippen LogP contribution is 2.23. The SMILES string of the molecule is CCc1c(O)nc(-c2ncccc2Br)[nH]c1=O. The molecule has 17 heavy (non-hydrogen) atoms. The summed E-state index contributed by atoms with van der Waals surface area (Å²) in [5.41, 5.74) is 0.427. The number of nitrogens with zero attached hydrogens (tertiary/aromatic N) is 2. The first-order valence-electron chi connectivity index (χ1n) is 5.06. The summed E-state index contributed by atoms with van der Waals surface area (Å²) >= 11 is 3.31. The zero-order valence-corrected chi connectivity index (χ0v) is 10.7. The molecule has 0 fully saturated rings. The molecule has 0 unspecified atom stereocenters. The van der Waals surface area contributed by atoms with Crippen molar-refractivity contribution in [3.63, 3.8) is 0 Å². The van der Waals surface area contributed by atoms with Gasteiger partial charge in [0, 0.05) is 10.7 Å². The van der Waals surface area contributed by atoms with Crippen molar-refractivity contribution in [2.24, 2.45) is 0 Å². The summed E-state index contributed by atoms with van der Waals surface area (Å²) in [7, 11) is 0. The maximum absolute atomic E-state index is 11.7. The minimum Gasteiger partial charge on any atom is -0.493 e. The van der Waals surface area contributed by atoms with Crippen LogP contribution in [0.15, 0.2) is 27.6 Å². The van der Waals surface area contributed by atoms with Crippen molar-refractivity contribution in [2.75, 3.05) is 0 Å². The molecule has 0 aliphatic heterocycles. The average molecular weight is 296 g/mol. The average Bonchev–Trinajstić information content (AvgIpc) is 2.29. The van der Waals surface area contributed by atoms with Crippen molar-refractivity contribution in [2.45, 2.75) is 13.3 Å². The Morgan fingerprint density at radius 1 is 1.53 bits per heavy atom. The van der Waals surface area contributed by atoms with Crippen LogP contribution in [0.1, 0.15) is 12.5 Å². The Bertz CT molecular complexity index is 610. The molecule has 2 N–H and O–H groups in total. The molecule has 6 heteroatoms. The van der Waals surface area contributed by atoms with Crippen LogP contribution in [0.3, 0.4) is 0 Å². The predicted molar refractivity (Wildman–Crippen MR) is 66.8 cm³/mol. The van der Waals surface area contributed by atoms with E-state index in [2.05, 4.69) is 30.9 Å². The van der Waals surface area contributed by atoms with Gasteiger partial charge in [0.25, 0.3) is 5.56 Å². The zero-order chi connectivity index (χ0) is 12.4. The van der Waals surface area contributed by atoms with E-state index in [9.17, 15) is 9.90 Å². The number of rotatable bonds is 2. The van der Waals surface area contributed by atoms with Crippen molar-refractivity contribution in [1.29, 1.82) is 0 Å². The van der Waals surface area contributed by atoms with Crippen LogP contribution < -0.4 is 5.56 Å². The molecule has 0 aliphatic carbocycles. The minimum absolute atomic E-state index is 0.246. The van der Waals surface area contributed by atoms with Gasteiger partial charge in [-0.2, -0.15) is 4.98 Å². The summed E-state index contributed by atoms with van der Waals surface area (Å²) in [6, 6.07) is 3.54. The molecule has 5 nitrogen and oxygen atoms in total. The monoisotopic (exact) mass is 295 g/mol. The number of H-pyrrole nitrogens is 1. The van der Waals surface area contributed by atoms with Crippen LogP contribution in [0, 0.1) is 0 Å². The largest absolute Gasteiger partial charge is 0.493 e. The van der Waals surface area contributed by atoms with Crippen LogP contribution in [0.5, 0.6) is 5.88 Å². The summed E-state index contributed by atoms with van der Waals surface area (Å²) in [5, 5.41) is 9.65. The maximum atomic E-state index is 11.7. The first-order chi connectivity index (χ1) is 8.13. The Morgan fingerprint density at radius 3 is 2.88 bits per heavy atom. The molecule has 88 valence electrons. The fourth-order valence-corrected chi connectivity index (χ4v) is 1.92. The molecular formula is C11H10BrN3O2. The standard InChI is InChI=1S/C11H10BrN3O2/c1-2-6-10(16)14-9(15-11(6)17)8-7(12)4-3-5-13-8/h3-5H,2H2,1H3,(H2,14,15,16,17). The summed E-state index contributed by atoms with van der Waals surface area (Å²) < 4.78 is 0.701.